The summed E-state index contributed by atoms with van der Waals surface area (Å²) in [6.07, 6.45) is 0. The smallest absolute Gasteiger partial charge is 0.0519 e. The van der Waals surface area contributed by atoms with Crippen molar-refractivity contribution < 1.29 is 0 Å². The van der Waals surface area contributed by atoms with Crippen LogP contribution < -0.4 is 10.2 Å². The minimum absolute atomic E-state index is 0.921. The maximum Gasteiger partial charge on any atom is 0.0519 e. The van der Waals surface area contributed by atoms with Crippen molar-refractivity contribution in [2.45, 2.75) is 20.0 Å². The fraction of sp³-hybridized carbons (Fsp3) is 0.333. The van der Waals surface area contributed by atoms with E-state index < -0.39 is 0 Å². The van der Waals surface area contributed by atoms with Crippen LogP contribution in [0.3, 0.4) is 0 Å². The minimum Gasteiger partial charge on any atom is -0.369 e. The first-order chi connectivity index (χ1) is 9.20. The molecular weight excluding hydrogens is 320 g/mol. The van der Waals surface area contributed by atoms with Gasteiger partial charge >= 0.3 is 0 Å². The molecule has 1 aromatic heterocycles. The Balaban J connectivity index is 2.07. The molecule has 2 rings (SSSR count). The van der Waals surface area contributed by atoms with Crippen molar-refractivity contribution in [3.63, 3.8) is 0 Å². The lowest BCUT2D eigenvalue weighted by Gasteiger charge is -2.20. The Morgan fingerprint density at radius 2 is 2.16 bits per heavy atom. The maximum atomic E-state index is 3.68. The number of rotatable bonds is 6. The molecule has 2 aromatic rings. The monoisotopic (exact) mass is 338 g/mol. The second kappa shape index (κ2) is 7.08. The highest BCUT2D eigenvalue weighted by Gasteiger charge is 2.07. The third-order valence-electron chi connectivity index (χ3n) is 2.98. The van der Waals surface area contributed by atoms with Crippen LogP contribution in [0.4, 0.5) is 5.69 Å². The van der Waals surface area contributed by atoms with E-state index in [-0.39, 0.29) is 0 Å². The molecule has 0 fully saturated rings. The van der Waals surface area contributed by atoms with Gasteiger partial charge in [-0.15, -0.1) is 11.3 Å². The van der Waals surface area contributed by atoms with E-state index in [1.807, 2.05) is 0 Å². The van der Waals surface area contributed by atoms with Gasteiger partial charge in [0.2, 0.25) is 0 Å². The first-order valence-electron chi connectivity index (χ1n) is 6.43. The van der Waals surface area contributed by atoms with Crippen molar-refractivity contribution in [2.75, 3.05) is 18.5 Å². The molecule has 0 aliphatic heterocycles. The SMILES string of the molecule is CCNCc1ccc(N(C)Cc2cccs2)c(Br)c1. The van der Waals surface area contributed by atoms with Crippen LogP contribution in [0.25, 0.3) is 0 Å². The molecule has 4 heteroatoms. The summed E-state index contributed by atoms with van der Waals surface area (Å²) in [4.78, 5) is 3.65. The number of halogens is 1. The summed E-state index contributed by atoms with van der Waals surface area (Å²) < 4.78 is 1.15. The van der Waals surface area contributed by atoms with Gasteiger partial charge in [-0.05, 0) is 51.6 Å². The number of hydrogen-bond donors (Lipinski definition) is 1. The predicted molar refractivity (Wildman–Crippen MR) is 87.9 cm³/mol. The summed E-state index contributed by atoms with van der Waals surface area (Å²) in [5, 5.41) is 5.47. The van der Waals surface area contributed by atoms with E-state index in [9.17, 15) is 0 Å². The van der Waals surface area contributed by atoms with Gasteiger partial charge in [0.1, 0.15) is 0 Å². The first-order valence-corrected chi connectivity index (χ1v) is 8.10. The molecule has 0 saturated heterocycles. The summed E-state index contributed by atoms with van der Waals surface area (Å²) in [6, 6.07) is 10.8. The third kappa shape index (κ3) is 4.06. The lowest BCUT2D eigenvalue weighted by atomic mass is 10.2. The zero-order valence-corrected chi connectivity index (χ0v) is 13.7. The predicted octanol–water partition coefficient (Wildman–Crippen LogP) is 4.26. The average molecular weight is 339 g/mol. The first kappa shape index (κ1) is 14.6. The summed E-state index contributed by atoms with van der Waals surface area (Å²) in [5.41, 5.74) is 2.54. The average Bonchev–Trinajstić information content (AvgIpc) is 2.89. The van der Waals surface area contributed by atoms with Crippen molar-refractivity contribution in [3.05, 3.63) is 50.6 Å². The molecule has 0 atom stereocenters. The highest BCUT2D eigenvalue weighted by atomic mass is 79.9. The Kier molecular flexibility index (Phi) is 5.43. The maximum absolute atomic E-state index is 3.68. The van der Waals surface area contributed by atoms with E-state index in [0.717, 1.165) is 24.1 Å². The van der Waals surface area contributed by atoms with Crippen LogP contribution in [0.2, 0.25) is 0 Å². The number of hydrogen-bond acceptors (Lipinski definition) is 3. The van der Waals surface area contributed by atoms with Crippen LogP contribution in [0.1, 0.15) is 17.4 Å². The van der Waals surface area contributed by atoms with Gasteiger partial charge in [-0.2, -0.15) is 0 Å². The van der Waals surface area contributed by atoms with Crippen LogP contribution in [0, 0.1) is 0 Å². The molecule has 2 nitrogen and oxygen atoms in total. The molecular formula is C15H19BrN2S. The molecule has 0 saturated carbocycles. The van der Waals surface area contributed by atoms with Crippen molar-refractivity contribution in [3.8, 4) is 0 Å². The highest BCUT2D eigenvalue weighted by Crippen LogP contribution is 2.28. The Bertz CT molecular complexity index is 511. The van der Waals surface area contributed by atoms with E-state index >= 15 is 0 Å². The highest BCUT2D eigenvalue weighted by molar-refractivity contribution is 9.10. The van der Waals surface area contributed by atoms with Gasteiger partial charge in [-0.1, -0.05) is 19.1 Å². The standard InChI is InChI=1S/C15H19BrN2S/c1-3-17-10-12-6-7-15(14(16)9-12)18(2)11-13-5-4-8-19-13/h4-9,17H,3,10-11H2,1-2H3. The molecule has 0 amide bonds. The third-order valence-corrected chi connectivity index (χ3v) is 4.47. The molecule has 0 aliphatic carbocycles. The fourth-order valence-corrected chi connectivity index (χ4v) is 3.45. The normalized spacial score (nSPS) is 10.7. The molecule has 102 valence electrons. The van der Waals surface area contributed by atoms with Gasteiger partial charge < -0.3 is 10.2 Å². The lowest BCUT2D eigenvalue weighted by Crippen LogP contribution is -2.16. The summed E-state index contributed by atoms with van der Waals surface area (Å²) in [6.45, 7) is 4.99. The van der Waals surface area contributed by atoms with Gasteiger partial charge in [0.25, 0.3) is 0 Å². The van der Waals surface area contributed by atoms with E-state index in [0.29, 0.717) is 0 Å². The summed E-state index contributed by atoms with van der Waals surface area (Å²) >= 11 is 5.48. The van der Waals surface area contributed by atoms with Crippen LogP contribution in [0.15, 0.2) is 40.2 Å². The van der Waals surface area contributed by atoms with E-state index in [4.69, 9.17) is 0 Å². The molecule has 1 heterocycles. The molecule has 1 aromatic carbocycles. The molecule has 0 radical (unpaired) electrons. The quantitative estimate of drug-likeness (QED) is 0.846. The van der Waals surface area contributed by atoms with Crippen molar-refractivity contribution in [1.29, 1.82) is 0 Å². The fourth-order valence-electron chi connectivity index (χ4n) is 1.96. The minimum atomic E-state index is 0.921. The molecule has 0 unspecified atom stereocenters. The van der Waals surface area contributed by atoms with Crippen molar-refractivity contribution in [1.82, 2.24) is 5.32 Å². The largest absolute Gasteiger partial charge is 0.369 e. The number of nitrogens with zero attached hydrogens (tertiary/aromatic N) is 1. The van der Waals surface area contributed by atoms with Crippen LogP contribution in [-0.4, -0.2) is 13.6 Å². The number of benzene rings is 1. The molecule has 0 aliphatic rings. The molecule has 0 spiro atoms. The number of thiophene rings is 1. The molecule has 0 bridgehead atoms. The second-order valence-electron chi connectivity index (χ2n) is 4.50. The topological polar surface area (TPSA) is 15.3 Å². The van der Waals surface area contributed by atoms with Crippen molar-refractivity contribution in [2.24, 2.45) is 0 Å². The number of anilines is 1. The van der Waals surface area contributed by atoms with Gasteiger partial charge in [-0.25, -0.2) is 0 Å². The number of nitrogens with one attached hydrogen (secondary N) is 1. The van der Waals surface area contributed by atoms with Crippen LogP contribution in [0.5, 0.6) is 0 Å². The van der Waals surface area contributed by atoms with Gasteiger partial charge in [-0.3, -0.25) is 0 Å². The van der Waals surface area contributed by atoms with Gasteiger partial charge in [0, 0.05) is 22.9 Å². The van der Waals surface area contributed by atoms with Gasteiger partial charge in [0.15, 0.2) is 0 Å². The van der Waals surface area contributed by atoms with Gasteiger partial charge in [0.05, 0.1) is 12.2 Å². The zero-order valence-electron chi connectivity index (χ0n) is 11.3. The Morgan fingerprint density at radius 3 is 2.79 bits per heavy atom. The second-order valence-corrected chi connectivity index (χ2v) is 6.39. The zero-order chi connectivity index (χ0) is 13.7. The van der Waals surface area contributed by atoms with Crippen LogP contribution in [-0.2, 0) is 13.1 Å². The van der Waals surface area contributed by atoms with E-state index in [1.54, 1.807) is 11.3 Å². The van der Waals surface area contributed by atoms with Crippen LogP contribution >= 0.6 is 27.3 Å². The summed E-state index contributed by atoms with van der Waals surface area (Å²) in [5.74, 6) is 0. The Hall–Kier alpha value is -0.840. The summed E-state index contributed by atoms with van der Waals surface area (Å²) in [7, 11) is 2.13. The van der Waals surface area contributed by atoms with E-state index in [1.165, 1.54) is 16.1 Å². The van der Waals surface area contributed by atoms with Crippen molar-refractivity contribution >= 4 is 33.0 Å². The van der Waals surface area contributed by atoms with E-state index in [2.05, 4.69) is 75.8 Å². The molecule has 1 N–H and O–H groups in total. The Labute approximate surface area is 127 Å². The Morgan fingerprint density at radius 1 is 1.32 bits per heavy atom. The molecule has 19 heavy (non-hydrogen) atoms. The lowest BCUT2D eigenvalue weighted by molar-refractivity contribution is 0.726.